The Hall–Kier alpha value is -2.04. The highest BCUT2D eigenvalue weighted by Gasteiger charge is 2.28. The van der Waals surface area contributed by atoms with E-state index in [4.69, 9.17) is 23.2 Å². The minimum atomic E-state index is -0.620. The summed E-state index contributed by atoms with van der Waals surface area (Å²) >= 11 is 12.1. The molecule has 1 unspecified atom stereocenters. The zero-order valence-electron chi connectivity index (χ0n) is 17.6. The summed E-state index contributed by atoms with van der Waals surface area (Å²) in [6.45, 7) is 9.86. The van der Waals surface area contributed by atoms with Crippen LogP contribution in [0.5, 0.6) is 0 Å². The third kappa shape index (κ3) is 7.06. The topological polar surface area (TPSA) is 49.4 Å². The molecule has 0 aliphatic rings. The molecule has 29 heavy (non-hydrogen) atoms. The fourth-order valence-electron chi connectivity index (χ4n) is 2.87. The van der Waals surface area contributed by atoms with Gasteiger partial charge in [0.2, 0.25) is 11.8 Å². The summed E-state index contributed by atoms with van der Waals surface area (Å²) in [5.74, 6) is -0.340. The van der Waals surface area contributed by atoms with Crippen LogP contribution in [0, 0.1) is 6.92 Å². The van der Waals surface area contributed by atoms with E-state index in [1.54, 1.807) is 30.0 Å². The molecule has 0 saturated carbocycles. The first-order valence-corrected chi connectivity index (χ1v) is 10.3. The van der Waals surface area contributed by atoms with Gasteiger partial charge in [0, 0.05) is 12.1 Å². The summed E-state index contributed by atoms with van der Waals surface area (Å²) in [6, 6.07) is 12.5. The summed E-state index contributed by atoms with van der Waals surface area (Å²) in [6.07, 6.45) is 0.135. The fourth-order valence-corrected chi connectivity index (χ4v) is 3.19. The van der Waals surface area contributed by atoms with Crippen molar-refractivity contribution in [1.29, 1.82) is 0 Å². The Morgan fingerprint density at radius 2 is 1.59 bits per heavy atom. The molecule has 0 aliphatic carbocycles. The summed E-state index contributed by atoms with van der Waals surface area (Å²) in [5.41, 5.74) is 2.48. The summed E-state index contributed by atoms with van der Waals surface area (Å²) in [7, 11) is 0. The predicted octanol–water partition coefficient (Wildman–Crippen LogP) is 5.18. The Labute approximate surface area is 183 Å². The average molecular weight is 435 g/mol. The molecule has 0 aliphatic heterocycles. The Balaban J connectivity index is 2.26. The van der Waals surface area contributed by atoms with Crippen molar-refractivity contribution in [1.82, 2.24) is 10.2 Å². The van der Waals surface area contributed by atoms with Gasteiger partial charge in [-0.25, -0.2) is 0 Å². The van der Waals surface area contributed by atoms with E-state index in [0.717, 1.165) is 16.7 Å². The lowest BCUT2D eigenvalue weighted by Gasteiger charge is -2.31. The van der Waals surface area contributed by atoms with Crippen LogP contribution in [0.2, 0.25) is 10.0 Å². The zero-order chi connectivity index (χ0) is 21.8. The van der Waals surface area contributed by atoms with Crippen LogP contribution < -0.4 is 5.32 Å². The molecule has 0 bridgehead atoms. The Kier molecular flexibility index (Phi) is 7.73. The van der Waals surface area contributed by atoms with Gasteiger partial charge in [-0.15, -0.1) is 0 Å². The maximum absolute atomic E-state index is 13.2. The van der Waals surface area contributed by atoms with Gasteiger partial charge in [-0.3, -0.25) is 9.59 Å². The van der Waals surface area contributed by atoms with Gasteiger partial charge in [-0.05, 0) is 57.9 Å². The zero-order valence-corrected chi connectivity index (χ0v) is 19.1. The van der Waals surface area contributed by atoms with E-state index in [0.29, 0.717) is 16.6 Å². The van der Waals surface area contributed by atoms with Crippen molar-refractivity contribution in [2.75, 3.05) is 0 Å². The molecule has 2 amide bonds. The largest absolute Gasteiger partial charge is 0.350 e. The molecular weight excluding hydrogens is 407 g/mol. The molecule has 4 nitrogen and oxygen atoms in total. The van der Waals surface area contributed by atoms with Gasteiger partial charge in [0.25, 0.3) is 0 Å². The number of carbonyl (C=O) groups excluding carboxylic acids is 2. The quantitative estimate of drug-likeness (QED) is 0.680. The Bertz CT molecular complexity index is 873. The molecule has 0 fully saturated rings. The van der Waals surface area contributed by atoms with Crippen molar-refractivity contribution >= 4 is 35.0 Å². The summed E-state index contributed by atoms with van der Waals surface area (Å²) in [4.78, 5) is 27.5. The Morgan fingerprint density at radius 1 is 1.00 bits per heavy atom. The number of hydrogen-bond acceptors (Lipinski definition) is 2. The van der Waals surface area contributed by atoms with E-state index in [-0.39, 0.29) is 23.8 Å². The summed E-state index contributed by atoms with van der Waals surface area (Å²) in [5, 5.41) is 3.80. The van der Waals surface area contributed by atoms with Crippen molar-refractivity contribution in [3.05, 3.63) is 69.2 Å². The molecular formula is C23H28Cl2N2O2. The van der Waals surface area contributed by atoms with Gasteiger partial charge >= 0.3 is 0 Å². The van der Waals surface area contributed by atoms with Crippen LogP contribution in [0.1, 0.15) is 44.4 Å². The van der Waals surface area contributed by atoms with Crippen molar-refractivity contribution in [2.45, 2.75) is 59.2 Å². The third-order valence-corrected chi connectivity index (χ3v) is 5.22. The molecule has 156 valence electrons. The van der Waals surface area contributed by atoms with E-state index in [1.165, 1.54) is 0 Å². The number of halogens is 2. The molecule has 0 spiro atoms. The minimum absolute atomic E-state index is 0.135. The number of benzene rings is 2. The van der Waals surface area contributed by atoms with E-state index in [9.17, 15) is 9.59 Å². The maximum atomic E-state index is 13.2. The standard InChI is InChI=1S/C23H28Cl2N2O2/c1-15-6-8-17(9-7-15)14-27(16(2)22(29)26-23(3,4)5)21(28)13-18-10-11-19(24)20(25)12-18/h6-12,16H,13-14H2,1-5H3,(H,26,29). The predicted molar refractivity (Wildman–Crippen MR) is 119 cm³/mol. The molecule has 2 rings (SSSR count). The monoisotopic (exact) mass is 434 g/mol. The van der Waals surface area contributed by atoms with Crippen LogP contribution in [0.4, 0.5) is 0 Å². The highest BCUT2D eigenvalue weighted by molar-refractivity contribution is 6.42. The molecule has 0 heterocycles. The second-order valence-corrected chi connectivity index (χ2v) is 9.16. The van der Waals surface area contributed by atoms with Crippen molar-refractivity contribution in [2.24, 2.45) is 0 Å². The number of hydrogen-bond donors (Lipinski definition) is 1. The first-order chi connectivity index (χ1) is 13.5. The second-order valence-electron chi connectivity index (χ2n) is 8.35. The van der Waals surface area contributed by atoms with Crippen LogP contribution in [0.3, 0.4) is 0 Å². The van der Waals surface area contributed by atoms with E-state index >= 15 is 0 Å². The van der Waals surface area contributed by atoms with Gasteiger partial charge < -0.3 is 10.2 Å². The van der Waals surface area contributed by atoms with Crippen molar-refractivity contribution in [3.8, 4) is 0 Å². The highest BCUT2D eigenvalue weighted by Crippen LogP contribution is 2.23. The molecule has 6 heteroatoms. The Morgan fingerprint density at radius 3 is 2.14 bits per heavy atom. The van der Waals surface area contributed by atoms with Crippen molar-refractivity contribution < 1.29 is 9.59 Å². The fraction of sp³-hybridized carbons (Fsp3) is 0.391. The lowest BCUT2D eigenvalue weighted by molar-refractivity contribution is -0.140. The smallest absolute Gasteiger partial charge is 0.242 e. The minimum Gasteiger partial charge on any atom is -0.350 e. The number of carbonyl (C=O) groups is 2. The second kappa shape index (κ2) is 9.64. The van der Waals surface area contributed by atoms with E-state index in [2.05, 4.69) is 5.32 Å². The molecule has 0 radical (unpaired) electrons. The lowest BCUT2D eigenvalue weighted by Crippen LogP contribution is -2.52. The van der Waals surface area contributed by atoms with Gasteiger partial charge in [-0.1, -0.05) is 59.1 Å². The van der Waals surface area contributed by atoms with Crippen LogP contribution in [-0.4, -0.2) is 28.3 Å². The van der Waals surface area contributed by atoms with Gasteiger partial charge in [0.15, 0.2) is 0 Å². The van der Waals surface area contributed by atoms with Crippen LogP contribution in [0.15, 0.2) is 42.5 Å². The molecule has 1 N–H and O–H groups in total. The number of aryl methyl sites for hydroxylation is 1. The molecule has 0 aromatic heterocycles. The molecule has 2 aromatic carbocycles. The SMILES string of the molecule is Cc1ccc(CN(C(=O)Cc2ccc(Cl)c(Cl)c2)C(C)C(=O)NC(C)(C)C)cc1. The first-order valence-electron chi connectivity index (χ1n) is 9.57. The summed E-state index contributed by atoms with van der Waals surface area (Å²) < 4.78 is 0. The van der Waals surface area contributed by atoms with Crippen molar-refractivity contribution in [3.63, 3.8) is 0 Å². The van der Waals surface area contributed by atoms with Crippen LogP contribution in [-0.2, 0) is 22.6 Å². The van der Waals surface area contributed by atoms with Crippen LogP contribution >= 0.6 is 23.2 Å². The maximum Gasteiger partial charge on any atom is 0.242 e. The first kappa shape index (κ1) is 23.2. The van der Waals surface area contributed by atoms with Gasteiger partial charge in [0.05, 0.1) is 16.5 Å². The van der Waals surface area contributed by atoms with E-state index in [1.807, 2.05) is 52.0 Å². The lowest BCUT2D eigenvalue weighted by atomic mass is 10.1. The third-order valence-electron chi connectivity index (χ3n) is 4.48. The molecule has 2 aromatic rings. The number of rotatable bonds is 6. The molecule has 1 atom stereocenters. The average Bonchev–Trinajstić information content (AvgIpc) is 2.62. The normalized spacial score (nSPS) is 12.4. The number of amides is 2. The van der Waals surface area contributed by atoms with Gasteiger partial charge in [0.1, 0.15) is 6.04 Å². The number of nitrogens with zero attached hydrogens (tertiary/aromatic N) is 1. The van der Waals surface area contributed by atoms with Gasteiger partial charge in [-0.2, -0.15) is 0 Å². The van der Waals surface area contributed by atoms with E-state index < -0.39 is 6.04 Å². The van der Waals surface area contributed by atoms with Crippen LogP contribution in [0.25, 0.3) is 0 Å². The number of nitrogens with one attached hydrogen (secondary N) is 1. The molecule has 0 saturated heterocycles. The highest BCUT2D eigenvalue weighted by atomic mass is 35.5.